The lowest BCUT2D eigenvalue weighted by Gasteiger charge is -2.13. The molecule has 0 saturated heterocycles. The van der Waals surface area contributed by atoms with Crippen LogP contribution in [0.25, 0.3) is 11.0 Å². The number of rotatable bonds is 8. The fourth-order valence-electron chi connectivity index (χ4n) is 3.90. The van der Waals surface area contributed by atoms with Crippen molar-refractivity contribution in [1.82, 2.24) is 5.32 Å². The summed E-state index contributed by atoms with van der Waals surface area (Å²) in [6.45, 7) is 4.92. The lowest BCUT2D eigenvalue weighted by atomic mass is 9.98. The molecule has 4 rings (SSSR count). The van der Waals surface area contributed by atoms with E-state index in [0.717, 1.165) is 29.7 Å². The number of nitrogens with one attached hydrogen (secondary N) is 1. The van der Waals surface area contributed by atoms with Gasteiger partial charge in [-0.1, -0.05) is 51.3 Å². The maximum Gasteiger partial charge on any atom is 0.288 e. The van der Waals surface area contributed by atoms with Crippen LogP contribution in [-0.2, 0) is 6.42 Å². The number of carbonyl (C=O) groups is 1. The molecular formula is C25H27NO4. The van der Waals surface area contributed by atoms with Gasteiger partial charge in [0, 0.05) is 0 Å². The molecule has 1 atom stereocenters. The van der Waals surface area contributed by atoms with Gasteiger partial charge in [0.1, 0.15) is 11.3 Å². The van der Waals surface area contributed by atoms with Crippen LogP contribution in [0.2, 0.25) is 0 Å². The quantitative estimate of drug-likeness (QED) is 0.527. The number of ether oxygens (including phenoxy) is 1. The first-order valence-corrected chi connectivity index (χ1v) is 10.8. The molecule has 5 heteroatoms. The van der Waals surface area contributed by atoms with Gasteiger partial charge < -0.3 is 14.5 Å². The Balaban J connectivity index is 1.61. The second kappa shape index (κ2) is 8.74. The number of unbranched alkanes of at least 4 members (excludes halogenated alkanes) is 3. The summed E-state index contributed by atoms with van der Waals surface area (Å²) >= 11 is 0. The van der Waals surface area contributed by atoms with Crippen molar-refractivity contribution in [3.05, 3.63) is 75.1 Å². The predicted molar refractivity (Wildman–Crippen MR) is 117 cm³/mol. The standard InChI is InChI=1S/C25H27NO4/c1-3-5-6-7-14-29-18-11-9-17(10-12-18)22-21-23(27)19-15-16(4-2)8-13-20(19)30-24(21)25(28)26-22/h8-13,15,22H,3-7,14H2,1-2H3,(H,26,28). The zero-order valence-corrected chi connectivity index (χ0v) is 17.5. The van der Waals surface area contributed by atoms with E-state index < -0.39 is 6.04 Å². The lowest BCUT2D eigenvalue weighted by molar-refractivity contribution is 0.0938. The van der Waals surface area contributed by atoms with Gasteiger partial charge in [-0.2, -0.15) is 0 Å². The zero-order valence-electron chi connectivity index (χ0n) is 17.5. The van der Waals surface area contributed by atoms with E-state index in [0.29, 0.717) is 23.1 Å². The van der Waals surface area contributed by atoms with Crippen molar-refractivity contribution < 1.29 is 13.9 Å². The minimum absolute atomic E-state index is 0.109. The van der Waals surface area contributed by atoms with E-state index in [1.165, 1.54) is 19.3 Å². The van der Waals surface area contributed by atoms with Crippen molar-refractivity contribution in [3.63, 3.8) is 0 Å². The highest BCUT2D eigenvalue weighted by molar-refractivity contribution is 5.99. The monoisotopic (exact) mass is 405 g/mol. The molecule has 0 fully saturated rings. The van der Waals surface area contributed by atoms with Crippen molar-refractivity contribution in [2.24, 2.45) is 0 Å². The summed E-state index contributed by atoms with van der Waals surface area (Å²) in [6.07, 6.45) is 5.46. The molecule has 2 heterocycles. The Bertz CT molecular complexity index is 1110. The molecule has 1 aliphatic rings. The number of amides is 1. The first kappa shape index (κ1) is 20.2. The van der Waals surface area contributed by atoms with Crippen molar-refractivity contribution in [2.75, 3.05) is 6.61 Å². The van der Waals surface area contributed by atoms with Crippen LogP contribution >= 0.6 is 0 Å². The molecule has 3 aromatic rings. The van der Waals surface area contributed by atoms with Gasteiger partial charge in [0.05, 0.1) is 23.6 Å². The maximum absolute atomic E-state index is 13.2. The third kappa shape index (κ3) is 3.84. The summed E-state index contributed by atoms with van der Waals surface area (Å²) in [5.74, 6) is 0.542. The Labute approximate surface area is 176 Å². The Morgan fingerprint density at radius 3 is 2.53 bits per heavy atom. The van der Waals surface area contributed by atoms with Gasteiger partial charge >= 0.3 is 0 Å². The first-order valence-electron chi connectivity index (χ1n) is 10.8. The number of aryl methyl sites for hydroxylation is 1. The lowest BCUT2D eigenvalue weighted by Crippen LogP contribution is -2.21. The number of hydrogen-bond acceptors (Lipinski definition) is 4. The Hall–Kier alpha value is -3.08. The normalized spacial score (nSPS) is 15.3. The van der Waals surface area contributed by atoms with Crippen LogP contribution in [0, 0.1) is 0 Å². The van der Waals surface area contributed by atoms with Gasteiger partial charge in [0.2, 0.25) is 5.76 Å². The molecule has 0 saturated carbocycles. The molecule has 5 nitrogen and oxygen atoms in total. The second-order valence-electron chi connectivity index (χ2n) is 7.74. The molecule has 0 spiro atoms. The number of carbonyl (C=O) groups excluding carboxylic acids is 1. The third-order valence-electron chi connectivity index (χ3n) is 5.65. The van der Waals surface area contributed by atoms with E-state index in [2.05, 4.69) is 12.2 Å². The largest absolute Gasteiger partial charge is 0.494 e. The fraction of sp³-hybridized carbons (Fsp3) is 0.360. The Kier molecular flexibility index (Phi) is 5.88. The molecule has 1 amide bonds. The van der Waals surface area contributed by atoms with E-state index in [4.69, 9.17) is 9.15 Å². The highest BCUT2D eigenvalue weighted by Crippen LogP contribution is 2.32. The molecule has 156 valence electrons. The average molecular weight is 405 g/mol. The maximum atomic E-state index is 13.2. The zero-order chi connectivity index (χ0) is 21.1. The Morgan fingerprint density at radius 2 is 1.80 bits per heavy atom. The summed E-state index contributed by atoms with van der Waals surface area (Å²) in [4.78, 5) is 25.7. The van der Waals surface area contributed by atoms with E-state index >= 15 is 0 Å². The molecule has 0 bridgehead atoms. The SMILES string of the molecule is CCCCCCOc1ccc(C2NC(=O)c3oc4ccc(CC)cc4c(=O)c32)cc1. The van der Waals surface area contributed by atoms with Crippen molar-refractivity contribution in [3.8, 4) is 5.75 Å². The number of fused-ring (bicyclic) bond motifs is 2. The van der Waals surface area contributed by atoms with Crippen molar-refractivity contribution in [2.45, 2.75) is 52.0 Å². The molecule has 1 aromatic heterocycles. The van der Waals surface area contributed by atoms with E-state index in [1.54, 1.807) is 6.07 Å². The van der Waals surface area contributed by atoms with Gasteiger partial charge in [-0.3, -0.25) is 9.59 Å². The molecule has 1 N–H and O–H groups in total. The molecule has 1 aliphatic heterocycles. The van der Waals surface area contributed by atoms with E-state index in [9.17, 15) is 9.59 Å². The van der Waals surface area contributed by atoms with Crippen LogP contribution in [0.1, 0.15) is 72.8 Å². The van der Waals surface area contributed by atoms with Crippen LogP contribution < -0.4 is 15.5 Å². The summed E-state index contributed by atoms with van der Waals surface area (Å²) in [7, 11) is 0. The van der Waals surface area contributed by atoms with Crippen molar-refractivity contribution >= 4 is 16.9 Å². The van der Waals surface area contributed by atoms with Gasteiger partial charge in [0.15, 0.2) is 5.43 Å². The van der Waals surface area contributed by atoms with Gasteiger partial charge in [0.25, 0.3) is 5.91 Å². The van der Waals surface area contributed by atoms with Gasteiger partial charge in [-0.15, -0.1) is 0 Å². The first-order chi connectivity index (χ1) is 14.6. The van der Waals surface area contributed by atoms with Crippen LogP contribution in [0.15, 0.2) is 51.7 Å². The summed E-state index contributed by atoms with van der Waals surface area (Å²) < 4.78 is 11.6. The molecular weight excluding hydrogens is 378 g/mol. The van der Waals surface area contributed by atoms with Crippen LogP contribution in [0.5, 0.6) is 5.75 Å². The highest BCUT2D eigenvalue weighted by Gasteiger charge is 2.35. The fourth-order valence-corrected chi connectivity index (χ4v) is 3.90. The Morgan fingerprint density at radius 1 is 1.00 bits per heavy atom. The summed E-state index contributed by atoms with van der Waals surface area (Å²) in [6, 6.07) is 12.6. The third-order valence-corrected chi connectivity index (χ3v) is 5.65. The summed E-state index contributed by atoms with van der Waals surface area (Å²) in [5, 5.41) is 3.41. The molecule has 30 heavy (non-hydrogen) atoms. The van der Waals surface area contributed by atoms with Crippen LogP contribution in [-0.4, -0.2) is 12.5 Å². The predicted octanol–water partition coefficient (Wildman–Crippen LogP) is 5.15. The van der Waals surface area contributed by atoms with Crippen LogP contribution in [0.4, 0.5) is 0 Å². The molecule has 2 aromatic carbocycles. The second-order valence-corrected chi connectivity index (χ2v) is 7.74. The average Bonchev–Trinajstić information content (AvgIpc) is 3.10. The minimum atomic E-state index is -0.517. The molecule has 0 radical (unpaired) electrons. The minimum Gasteiger partial charge on any atom is -0.494 e. The number of hydrogen-bond donors (Lipinski definition) is 1. The van der Waals surface area contributed by atoms with Gasteiger partial charge in [-0.05, 0) is 48.2 Å². The topological polar surface area (TPSA) is 68.5 Å². The van der Waals surface area contributed by atoms with Crippen molar-refractivity contribution in [1.29, 1.82) is 0 Å². The van der Waals surface area contributed by atoms with E-state index in [-0.39, 0.29) is 17.1 Å². The number of benzene rings is 2. The molecule has 0 aliphatic carbocycles. The molecule has 1 unspecified atom stereocenters. The smallest absolute Gasteiger partial charge is 0.288 e. The van der Waals surface area contributed by atoms with Crippen LogP contribution in [0.3, 0.4) is 0 Å². The summed E-state index contributed by atoms with van der Waals surface area (Å²) in [5.41, 5.74) is 2.57. The highest BCUT2D eigenvalue weighted by atomic mass is 16.5. The van der Waals surface area contributed by atoms with E-state index in [1.807, 2.05) is 43.3 Å². The van der Waals surface area contributed by atoms with Gasteiger partial charge in [-0.25, -0.2) is 0 Å².